The molecular weight excluding hydrogens is 366 g/mol. The van der Waals surface area contributed by atoms with Crippen LogP contribution in [0.5, 0.6) is 0 Å². The number of carbonyl (C=O) groups excluding carboxylic acids is 1. The van der Waals surface area contributed by atoms with Gasteiger partial charge in [0.25, 0.3) is 0 Å². The van der Waals surface area contributed by atoms with Crippen LogP contribution < -0.4 is 10.0 Å². The van der Waals surface area contributed by atoms with Gasteiger partial charge in [0.2, 0.25) is 15.9 Å². The summed E-state index contributed by atoms with van der Waals surface area (Å²) in [4.78, 5) is 14.5. The fraction of sp³-hybridized carbons (Fsp3) is 0.632. The van der Waals surface area contributed by atoms with Crippen molar-refractivity contribution in [3.8, 4) is 0 Å². The Morgan fingerprint density at radius 1 is 1.15 bits per heavy atom. The van der Waals surface area contributed by atoms with E-state index in [-0.39, 0.29) is 23.8 Å². The van der Waals surface area contributed by atoms with Crippen LogP contribution in [0, 0.1) is 13.8 Å². The smallest absolute Gasteiger partial charge is 0.240 e. The highest BCUT2D eigenvalue weighted by Gasteiger charge is 2.16. The molecule has 1 aliphatic heterocycles. The van der Waals surface area contributed by atoms with E-state index in [0.29, 0.717) is 12.1 Å². The summed E-state index contributed by atoms with van der Waals surface area (Å²) < 4.78 is 32.5. The molecule has 1 aliphatic rings. The van der Waals surface area contributed by atoms with E-state index in [1.54, 1.807) is 19.1 Å². The average Bonchev–Trinajstić information content (AvgIpc) is 2.62. The van der Waals surface area contributed by atoms with Gasteiger partial charge >= 0.3 is 0 Å². The number of rotatable bonds is 10. The number of carbonyl (C=O) groups is 1. The highest BCUT2D eigenvalue weighted by Crippen LogP contribution is 2.16. The lowest BCUT2D eigenvalue weighted by molar-refractivity contribution is -0.120. The second-order valence-electron chi connectivity index (χ2n) is 6.93. The first-order valence-corrected chi connectivity index (χ1v) is 11.0. The minimum absolute atomic E-state index is 0.0925. The van der Waals surface area contributed by atoms with Crippen LogP contribution in [0.2, 0.25) is 0 Å². The second kappa shape index (κ2) is 10.8. The zero-order chi connectivity index (χ0) is 19.7. The third kappa shape index (κ3) is 7.57. The van der Waals surface area contributed by atoms with E-state index >= 15 is 0 Å². The number of benzene rings is 1. The first kappa shape index (κ1) is 21.8. The number of amides is 1. The molecule has 0 spiro atoms. The van der Waals surface area contributed by atoms with Crippen LogP contribution in [0.1, 0.15) is 30.4 Å². The lowest BCUT2D eigenvalue weighted by Gasteiger charge is -2.26. The van der Waals surface area contributed by atoms with Crippen molar-refractivity contribution in [3.63, 3.8) is 0 Å². The highest BCUT2D eigenvalue weighted by atomic mass is 32.2. The number of sulfonamides is 1. The van der Waals surface area contributed by atoms with Crippen LogP contribution in [0.15, 0.2) is 23.1 Å². The van der Waals surface area contributed by atoms with E-state index in [1.165, 1.54) is 0 Å². The fourth-order valence-electron chi connectivity index (χ4n) is 3.08. The average molecular weight is 398 g/mol. The Bertz CT molecular complexity index is 716. The molecule has 27 heavy (non-hydrogen) atoms. The molecule has 0 aromatic heterocycles. The van der Waals surface area contributed by atoms with Gasteiger partial charge in [0.15, 0.2) is 0 Å². The van der Waals surface area contributed by atoms with Crippen molar-refractivity contribution in [2.75, 3.05) is 45.9 Å². The van der Waals surface area contributed by atoms with Gasteiger partial charge < -0.3 is 10.1 Å². The molecular formula is C19H31N3O4S. The first-order valence-electron chi connectivity index (χ1n) is 9.52. The molecule has 0 unspecified atom stereocenters. The normalized spacial score (nSPS) is 15.6. The maximum Gasteiger partial charge on any atom is 0.240 e. The molecule has 152 valence electrons. The lowest BCUT2D eigenvalue weighted by Crippen LogP contribution is -2.37. The van der Waals surface area contributed by atoms with Gasteiger partial charge in [-0.05, 0) is 44.9 Å². The third-order valence-electron chi connectivity index (χ3n) is 4.59. The monoisotopic (exact) mass is 397 g/mol. The molecule has 0 bridgehead atoms. The topological polar surface area (TPSA) is 87.7 Å². The number of nitrogens with one attached hydrogen (secondary N) is 2. The van der Waals surface area contributed by atoms with Gasteiger partial charge in [0.1, 0.15) is 0 Å². The van der Waals surface area contributed by atoms with Gasteiger partial charge in [-0.25, -0.2) is 13.1 Å². The molecule has 8 heteroatoms. The third-order valence-corrected chi connectivity index (χ3v) is 6.21. The minimum atomic E-state index is -3.59. The molecule has 1 fully saturated rings. The molecule has 1 aromatic rings. The van der Waals surface area contributed by atoms with Crippen LogP contribution in [0.3, 0.4) is 0 Å². The summed E-state index contributed by atoms with van der Waals surface area (Å²) in [6.07, 6.45) is 2.07. The van der Waals surface area contributed by atoms with E-state index in [0.717, 1.165) is 51.3 Å². The van der Waals surface area contributed by atoms with Crippen molar-refractivity contribution in [1.29, 1.82) is 0 Å². The minimum Gasteiger partial charge on any atom is -0.379 e. The maximum absolute atomic E-state index is 12.3. The Labute approximate surface area is 162 Å². The summed E-state index contributed by atoms with van der Waals surface area (Å²) in [6.45, 7) is 8.98. The summed E-state index contributed by atoms with van der Waals surface area (Å²) in [7, 11) is -3.59. The zero-order valence-corrected chi connectivity index (χ0v) is 17.1. The van der Waals surface area contributed by atoms with Gasteiger partial charge in [-0.15, -0.1) is 0 Å². The summed E-state index contributed by atoms with van der Waals surface area (Å²) in [5.74, 6) is -0.135. The van der Waals surface area contributed by atoms with E-state index in [4.69, 9.17) is 4.74 Å². The van der Waals surface area contributed by atoms with Gasteiger partial charge in [0.05, 0.1) is 18.1 Å². The predicted octanol–water partition coefficient (Wildman–Crippen LogP) is 1.20. The summed E-state index contributed by atoms with van der Waals surface area (Å²) in [5, 5.41) is 2.85. The zero-order valence-electron chi connectivity index (χ0n) is 16.3. The van der Waals surface area contributed by atoms with Crippen LogP contribution in [0.4, 0.5) is 0 Å². The molecule has 2 rings (SSSR count). The SMILES string of the molecule is Cc1ccc(S(=O)(=O)NCCC(=O)NCCCCN2CCOCC2)c(C)c1. The van der Waals surface area contributed by atoms with Crippen LogP contribution in [0.25, 0.3) is 0 Å². The summed E-state index contributed by atoms with van der Waals surface area (Å²) in [5.41, 5.74) is 1.71. The number of hydrogen-bond donors (Lipinski definition) is 2. The fourth-order valence-corrected chi connectivity index (χ4v) is 4.34. The Hall–Kier alpha value is -1.48. The quantitative estimate of drug-likeness (QED) is 0.579. The van der Waals surface area contributed by atoms with E-state index in [1.807, 2.05) is 13.0 Å². The Kier molecular flexibility index (Phi) is 8.69. The standard InChI is InChI=1S/C19H31N3O4S/c1-16-5-6-18(17(2)15-16)27(24,25)21-9-7-19(23)20-8-3-4-10-22-11-13-26-14-12-22/h5-6,15,21H,3-4,7-14H2,1-2H3,(H,20,23). The molecule has 0 atom stereocenters. The number of aryl methyl sites for hydroxylation is 2. The van der Waals surface area contributed by atoms with Gasteiger partial charge in [-0.1, -0.05) is 17.7 Å². The second-order valence-corrected chi connectivity index (χ2v) is 8.66. The van der Waals surface area contributed by atoms with Crippen molar-refractivity contribution in [3.05, 3.63) is 29.3 Å². The number of nitrogens with zero attached hydrogens (tertiary/aromatic N) is 1. The molecule has 2 N–H and O–H groups in total. The molecule has 0 radical (unpaired) electrons. The maximum atomic E-state index is 12.3. The molecule has 1 amide bonds. The van der Waals surface area contributed by atoms with E-state index in [2.05, 4.69) is 14.9 Å². The van der Waals surface area contributed by atoms with Gasteiger partial charge in [0, 0.05) is 32.6 Å². The number of ether oxygens (including phenoxy) is 1. The van der Waals surface area contributed by atoms with Crippen molar-refractivity contribution in [2.24, 2.45) is 0 Å². The Balaban J connectivity index is 1.61. The summed E-state index contributed by atoms with van der Waals surface area (Å²) >= 11 is 0. The van der Waals surface area contributed by atoms with Crippen molar-refractivity contribution < 1.29 is 17.9 Å². The van der Waals surface area contributed by atoms with Crippen LogP contribution in [-0.2, 0) is 19.6 Å². The van der Waals surface area contributed by atoms with Crippen molar-refractivity contribution in [2.45, 2.75) is 38.0 Å². The van der Waals surface area contributed by atoms with Gasteiger partial charge in [-0.3, -0.25) is 9.69 Å². The molecule has 7 nitrogen and oxygen atoms in total. The Morgan fingerprint density at radius 3 is 2.59 bits per heavy atom. The molecule has 1 heterocycles. The first-order chi connectivity index (χ1) is 12.9. The van der Waals surface area contributed by atoms with Gasteiger partial charge in [-0.2, -0.15) is 0 Å². The van der Waals surface area contributed by atoms with Crippen LogP contribution >= 0.6 is 0 Å². The van der Waals surface area contributed by atoms with Crippen molar-refractivity contribution >= 4 is 15.9 Å². The number of hydrogen-bond acceptors (Lipinski definition) is 5. The number of morpholine rings is 1. The van der Waals surface area contributed by atoms with E-state index in [9.17, 15) is 13.2 Å². The number of unbranched alkanes of at least 4 members (excludes halogenated alkanes) is 1. The predicted molar refractivity (Wildman–Crippen MR) is 105 cm³/mol. The van der Waals surface area contributed by atoms with Crippen molar-refractivity contribution in [1.82, 2.24) is 14.9 Å². The molecule has 0 aliphatic carbocycles. The molecule has 1 aromatic carbocycles. The largest absolute Gasteiger partial charge is 0.379 e. The molecule has 0 saturated carbocycles. The summed E-state index contributed by atoms with van der Waals surface area (Å²) in [6, 6.07) is 5.20. The van der Waals surface area contributed by atoms with E-state index < -0.39 is 10.0 Å². The molecule has 1 saturated heterocycles. The lowest BCUT2D eigenvalue weighted by atomic mass is 10.2. The highest BCUT2D eigenvalue weighted by molar-refractivity contribution is 7.89. The Morgan fingerprint density at radius 2 is 1.89 bits per heavy atom. The van der Waals surface area contributed by atoms with Crippen LogP contribution in [-0.4, -0.2) is 65.2 Å².